The number of nitrogens with one attached hydrogen (secondary N) is 1. The maximum absolute atomic E-state index is 11.8. The average molecular weight is 219 g/mol. The van der Waals surface area contributed by atoms with Gasteiger partial charge in [0.15, 0.2) is 6.61 Å². The van der Waals surface area contributed by atoms with E-state index in [2.05, 4.69) is 26.8 Å². The first-order chi connectivity index (χ1) is 7.13. The van der Waals surface area contributed by atoms with Gasteiger partial charge < -0.3 is 4.74 Å². The highest BCUT2D eigenvalue weighted by molar-refractivity contribution is 4.99. The molecule has 86 valence electrons. The van der Waals surface area contributed by atoms with E-state index in [0.717, 1.165) is 12.8 Å². The van der Waals surface area contributed by atoms with E-state index >= 15 is 0 Å². The van der Waals surface area contributed by atoms with Crippen molar-refractivity contribution >= 4 is 0 Å². The van der Waals surface area contributed by atoms with Gasteiger partial charge in [-0.25, -0.2) is 8.78 Å². The first-order valence-corrected chi connectivity index (χ1v) is 4.96. The molecule has 1 aromatic heterocycles. The summed E-state index contributed by atoms with van der Waals surface area (Å²) in [4.78, 5) is 3.98. The van der Waals surface area contributed by atoms with Crippen LogP contribution < -0.4 is 4.74 Å². The van der Waals surface area contributed by atoms with Gasteiger partial charge in [-0.15, -0.1) is 5.10 Å². The molecule has 1 N–H and O–H groups in total. The molecule has 15 heavy (non-hydrogen) atoms. The standard InChI is InChI=1S/C9H15F2N3O/c1-3-4-6(2)8-12-9(14-13-8)15-5-7(10)11/h6-7H,3-5H2,1-2H3,(H,12,13,14). The Morgan fingerprint density at radius 3 is 2.80 bits per heavy atom. The summed E-state index contributed by atoms with van der Waals surface area (Å²) in [6.07, 6.45) is -0.488. The summed E-state index contributed by atoms with van der Waals surface area (Å²) in [5.41, 5.74) is 0. The third-order valence-corrected chi connectivity index (χ3v) is 2.01. The van der Waals surface area contributed by atoms with E-state index in [1.54, 1.807) is 0 Å². The van der Waals surface area contributed by atoms with Crippen LogP contribution in [0.2, 0.25) is 0 Å². The highest BCUT2D eigenvalue weighted by Crippen LogP contribution is 2.17. The van der Waals surface area contributed by atoms with E-state index in [9.17, 15) is 8.78 Å². The largest absolute Gasteiger partial charge is 0.456 e. The second-order valence-corrected chi connectivity index (χ2v) is 3.40. The highest BCUT2D eigenvalue weighted by Gasteiger charge is 2.12. The molecule has 0 radical (unpaired) electrons. The van der Waals surface area contributed by atoms with Gasteiger partial charge in [0, 0.05) is 5.92 Å². The lowest BCUT2D eigenvalue weighted by molar-refractivity contribution is 0.0772. The predicted octanol–water partition coefficient (Wildman–Crippen LogP) is 2.35. The highest BCUT2D eigenvalue weighted by atomic mass is 19.3. The van der Waals surface area contributed by atoms with Crippen LogP contribution in [0.4, 0.5) is 8.78 Å². The predicted molar refractivity (Wildman–Crippen MR) is 51.2 cm³/mol. The summed E-state index contributed by atoms with van der Waals surface area (Å²) < 4.78 is 28.3. The lowest BCUT2D eigenvalue weighted by atomic mass is 10.1. The summed E-state index contributed by atoms with van der Waals surface area (Å²) in [6, 6.07) is -0.00625. The molecule has 0 bridgehead atoms. The maximum Gasteiger partial charge on any atom is 0.335 e. The van der Waals surface area contributed by atoms with E-state index in [1.165, 1.54) is 0 Å². The van der Waals surface area contributed by atoms with Crippen LogP contribution in [0.1, 0.15) is 38.4 Å². The molecule has 1 unspecified atom stereocenters. The number of aromatic amines is 1. The van der Waals surface area contributed by atoms with Crippen LogP contribution in [-0.4, -0.2) is 28.2 Å². The molecule has 1 heterocycles. The van der Waals surface area contributed by atoms with Gasteiger partial charge in [-0.3, -0.25) is 5.10 Å². The van der Waals surface area contributed by atoms with E-state index in [1.807, 2.05) is 6.92 Å². The Morgan fingerprint density at radius 2 is 2.20 bits per heavy atom. The Labute approximate surface area is 87.0 Å². The van der Waals surface area contributed by atoms with Crippen LogP contribution in [0.25, 0.3) is 0 Å². The third-order valence-electron chi connectivity index (χ3n) is 2.01. The van der Waals surface area contributed by atoms with Crippen LogP contribution in [0.3, 0.4) is 0 Å². The minimum absolute atomic E-state index is 0.00625. The Kier molecular flexibility index (Phi) is 4.45. The molecule has 0 aromatic carbocycles. The average Bonchev–Trinajstić information content (AvgIpc) is 2.63. The number of hydrogen-bond acceptors (Lipinski definition) is 3. The Bertz CT molecular complexity index is 291. The van der Waals surface area contributed by atoms with Gasteiger partial charge in [-0.2, -0.15) is 4.98 Å². The van der Waals surface area contributed by atoms with Crippen LogP contribution in [-0.2, 0) is 0 Å². The van der Waals surface area contributed by atoms with Crippen molar-refractivity contribution in [2.75, 3.05) is 6.61 Å². The number of halogens is 2. The molecule has 0 saturated heterocycles. The van der Waals surface area contributed by atoms with Crippen molar-refractivity contribution in [3.63, 3.8) is 0 Å². The SMILES string of the molecule is CCCC(C)c1nc(OCC(F)F)n[nH]1. The normalized spacial score (nSPS) is 13.1. The van der Waals surface area contributed by atoms with Crippen molar-refractivity contribution in [3.8, 4) is 6.01 Å². The maximum atomic E-state index is 11.8. The van der Waals surface area contributed by atoms with E-state index in [-0.39, 0.29) is 11.9 Å². The molecule has 6 heteroatoms. The smallest absolute Gasteiger partial charge is 0.335 e. The van der Waals surface area contributed by atoms with Gasteiger partial charge >= 0.3 is 6.01 Å². The molecule has 1 atom stereocenters. The number of aromatic nitrogens is 3. The first kappa shape index (κ1) is 11.9. The molecular weight excluding hydrogens is 204 g/mol. The van der Waals surface area contributed by atoms with Crippen molar-refractivity contribution in [1.29, 1.82) is 0 Å². The quantitative estimate of drug-likeness (QED) is 0.799. The molecule has 4 nitrogen and oxygen atoms in total. The summed E-state index contributed by atoms with van der Waals surface area (Å²) in [7, 11) is 0. The van der Waals surface area contributed by atoms with Crippen molar-refractivity contribution < 1.29 is 13.5 Å². The summed E-state index contributed by atoms with van der Waals surface area (Å²) >= 11 is 0. The van der Waals surface area contributed by atoms with Gasteiger partial charge in [-0.05, 0) is 6.42 Å². The second kappa shape index (κ2) is 5.63. The van der Waals surface area contributed by atoms with Crippen LogP contribution in [0.15, 0.2) is 0 Å². The van der Waals surface area contributed by atoms with E-state index in [0.29, 0.717) is 5.82 Å². The van der Waals surface area contributed by atoms with Crippen molar-refractivity contribution in [2.45, 2.75) is 39.0 Å². The van der Waals surface area contributed by atoms with Crippen molar-refractivity contribution in [2.24, 2.45) is 0 Å². The molecule has 1 rings (SSSR count). The molecule has 0 fully saturated rings. The number of ether oxygens (including phenoxy) is 1. The summed E-state index contributed by atoms with van der Waals surface area (Å²) in [5.74, 6) is 0.924. The molecule has 1 aromatic rings. The zero-order valence-corrected chi connectivity index (χ0v) is 8.83. The molecule has 0 aliphatic rings. The fourth-order valence-corrected chi connectivity index (χ4v) is 1.25. The van der Waals surface area contributed by atoms with E-state index in [4.69, 9.17) is 0 Å². The van der Waals surface area contributed by atoms with E-state index < -0.39 is 13.0 Å². The summed E-state index contributed by atoms with van der Waals surface area (Å²) in [6.45, 7) is 3.40. The Hall–Kier alpha value is -1.20. The molecule has 0 aliphatic heterocycles. The van der Waals surface area contributed by atoms with Gasteiger partial charge in [-0.1, -0.05) is 20.3 Å². The molecule has 0 amide bonds. The van der Waals surface area contributed by atoms with Crippen LogP contribution >= 0.6 is 0 Å². The van der Waals surface area contributed by atoms with Crippen molar-refractivity contribution in [3.05, 3.63) is 5.82 Å². The zero-order chi connectivity index (χ0) is 11.3. The van der Waals surface area contributed by atoms with Gasteiger partial charge in [0.2, 0.25) is 0 Å². The monoisotopic (exact) mass is 219 g/mol. The number of rotatable bonds is 6. The topological polar surface area (TPSA) is 50.8 Å². The number of H-pyrrole nitrogens is 1. The Balaban J connectivity index is 2.48. The van der Waals surface area contributed by atoms with Crippen LogP contribution in [0, 0.1) is 0 Å². The van der Waals surface area contributed by atoms with Gasteiger partial charge in [0.05, 0.1) is 0 Å². The molecule has 0 saturated carbocycles. The Morgan fingerprint density at radius 1 is 1.47 bits per heavy atom. The fourth-order valence-electron chi connectivity index (χ4n) is 1.25. The second-order valence-electron chi connectivity index (χ2n) is 3.40. The van der Waals surface area contributed by atoms with Crippen molar-refractivity contribution in [1.82, 2.24) is 15.2 Å². The molecule has 0 spiro atoms. The van der Waals surface area contributed by atoms with Gasteiger partial charge in [0.1, 0.15) is 5.82 Å². The zero-order valence-electron chi connectivity index (χ0n) is 8.83. The van der Waals surface area contributed by atoms with Crippen LogP contribution in [0.5, 0.6) is 6.01 Å². The lowest BCUT2D eigenvalue weighted by Gasteiger charge is -2.03. The lowest BCUT2D eigenvalue weighted by Crippen LogP contribution is -2.07. The molecular formula is C9H15F2N3O. The summed E-state index contributed by atoms with van der Waals surface area (Å²) in [5, 5.41) is 6.38. The van der Waals surface area contributed by atoms with Gasteiger partial charge in [0.25, 0.3) is 6.43 Å². The minimum atomic E-state index is -2.50. The minimum Gasteiger partial charge on any atom is -0.456 e. The fraction of sp³-hybridized carbons (Fsp3) is 0.778. The molecule has 0 aliphatic carbocycles. The first-order valence-electron chi connectivity index (χ1n) is 4.96. The number of nitrogens with zero attached hydrogens (tertiary/aromatic N) is 2. The number of hydrogen-bond donors (Lipinski definition) is 1. The number of alkyl halides is 2. The third kappa shape index (κ3) is 3.81.